The van der Waals surface area contributed by atoms with Crippen LogP contribution in [0.25, 0.3) is 0 Å². The number of aromatic nitrogens is 2. The molecule has 2 rings (SSSR count). The van der Waals surface area contributed by atoms with Crippen molar-refractivity contribution in [3.8, 4) is 11.5 Å². The second-order valence-electron chi connectivity index (χ2n) is 4.80. The normalized spacial score (nSPS) is 10.8. The zero-order valence-corrected chi connectivity index (χ0v) is 12.0. The molecule has 0 fully saturated rings. The van der Waals surface area contributed by atoms with Gasteiger partial charge in [0.1, 0.15) is 18.1 Å². The van der Waals surface area contributed by atoms with Crippen molar-refractivity contribution in [1.29, 1.82) is 0 Å². The number of aliphatic hydroxyl groups excluding tert-OH is 1. The summed E-state index contributed by atoms with van der Waals surface area (Å²) in [6, 6.07) is 7.63. The summed E-state index contributed by atoms with van der Waals surface area (Å²) in [5, 5.41) is 13.8. The van der Waals surface area contributed by atoms with E-state index in [0.717, 1.165) is 5.69 Å². The largest absolute Gasteiger partial charge is 0.497 e. The van der Waals surface area contributed by atoms with E-state index < -0.39 is 0 Å². The van der Waals surface area contributed by atoms with E-state index in [4.69, 9.17) is 9.47 Å². The van der Waals surface area contributed by atoms with Crippen molar-refractivity contribution in [3.05, 3.63) is 41.7 Å². The van der Waals surface area contributed by atoms with Gasteiger partial charge in [-0.3, -0.25) is 4.68 Å². The van der Waals surface area contributed by atoms with Gasteiger partial charge in [-0.15, -0.1) is 0 Å². The maximum absolute atomic E-state index is 9.36. The van der Waals surface area contributed by atoms with Crippen LogP contribution >= 0.6 is 0 Å². The van der Waals surface area contributed by atoms with Crippen LogP contribution in [0, 0.1) is 0 Å². The Kier molecular flexibility index (Phi) is 4.63. The number of methoxy groups -OCH3 is 1. The molecule has 0 unspecified atom stereocenters. The summed E-state index contributed by atoms with van der Waals surface area (Å²) >= 11 is 0. The summed E-state index contributed by atoms with van der Waals surface area (Å²) in [5.41, 5.74) is 1.56. The Morgan fingerprint density at radius 3 is 2.70 bits per heavy atom. The molecule has 5 heteroatoms. The molecule has 0 aliphatic carbocycles. The summed E-state index contributed by atoms with van der Waals surface area (Å²) in [7, 11) is 1.59. The number of rotatable bonds is 6. The van der Waals surface area contributed by atoms with Gasteiger partial charge in [-0.05, 0) is 38.1 Å². The standard InChI is InChI=1S/C15H20N2O3/c1-11(2)17-7-6-13(16-17)10-20-15-5-4-14(19-3)8-12(15)9-18/h4-8,11,18H,9-10H2,1-3H3. The lowest BCUT2D eigenvalue weighted by atomic mass is 10.2. The number of benzene rings is 1. The van der Waals surface area contributed by atoms with Gasteiger partial charge in [-0.1, -0.05) is 0 Å². The highest BCUT2D eigenvalue weighted by molar-refractivity contribution is 5.39. The molecule has 0 bridgehead atoms. The van der Waals surface area contributed by atoms with Gasteiger partial charge >= 0.3 is 0 Å². The van der Waals surface area contributed by atoms with Crippen LogP contribution in [-0.4, -0.2) is 22.0 Å². The van der Waals surface area contributed by atoms with Gasteiger partial charge in [0.2, 0.25) is 0 Å². The van der Waals surface area contributed by atoms with Crippen LogP contribution in [0.3, 0.4) is 0 Å². The van der Waals surface area contributed by atoms with Gasteiger partial charge in [-0.2, -0.15) is 5.10 Å². The van der Waals surface area contributed by atoms with Crippen LogP contribution in [0.2, 0.25) is 0 Å². The highest BCUT2D eigenvalue weighted by Crippen LogP contribution is 2.24. The van der Waals surface area contributed by atoms with Gasteiger partial charge < -0.3 is 14.6 Å². The molecule has 1 aromatic carbocycles. The SMILES string of the molecule is COc1ccc(OCc2ccn(C(C)C)n2)c(CO)c1. The van der Waals surface area contributed by atoms with E-state index in [1.165, 1.54) is 0 Å². The molecule has 0 saturated heterocycles. The number of aliphatic hydroxyl groups is 1. The van der Waals surface area contributed by atoms with Gasteiger partial charge in [0, 0.05) is 17.8 Å². The van der Waals surface area contributed by atoms with Crippen molar-refractivity contribution >= 4 is 0 Å². The maximum atomic E-state index is 9.36. The summed E-state index contributed by atoms with van der Waals surface area (Å²) < 4.78 is 12.7. The molecule has 0 saturated carbocycles. The monoisotopic (exact) mass is 276 g/mol. The van der Waals surface area contributed by atoms with Crippen molar-refractivity contribution in [1.82, 2.24) is 9.78 Å². The van der Waals surface area contributed by atoms with Gasteiger partial charge in [-0.25, -0.2) is 0 Å². The molecule has 5 nitrogen and oxygen atoms in total. The van der Waals surface area contributed by atoms with E-state index in [1.54, 1.807) is 25.3 Å². The molecule has 0 aliphatic rings. The molecular weight excluding hydrogens is 256 g/mol. The minimum Gasteiger partial charge on any atom is -0.497 e. The van der Waals surface area contributed by atoms with E-state index >= 15 is 0 Å². The van der Waals surface area contributed by atoms with Crippen molar-refractivity contribution < 1.29 is 14.6 Å². The topological polar surface area (TPSA) is 56.5 Å². The molecule has 108 valence electrons. The Morgan fingerprint density at radius 2 is 2.10 bits per heavy atom. The highest BCUT2D eigenvalue weighted by Gasteiger charge is 2.07. The lowest BCUT2D eigenvalue weighted by Gasteiger charge is -2.10. The average Bonchev–Trinajstić information content (AvgIpc) is 2.94. The van der Waals surface area contributed by atoms with Crippen LogP contribution in [-0.2, 0) is 13.2 Å². The molecule has 0 radical (unpaired) electrons. The first-order valence-corrected chi connectivity index (χ1v) is 6.58. The minimum absolute atomic E-state index is 0.0903. The van der Waals surface area contributed by atoms with Crippen molar-refractivity contribution in [2.45, 2.75) is 33.1 Å². The van der Waals surface area contributed by atoms with E-state index in [-0.39, 0.29) is 6.61 Å². The molecule has 0 aliphatic heterocycles. The second kappa shape index (κ2) is 6.43. The average molecular weight is 276 g/mol. The maximum Gasteiger partial charge on any atom is 0.132 e. The quantitative estimate of drug-likeness (QED) is 0.881. The lowest BCUT2D eigenvalue weighted by molar-refractivity contribution is 0.256. The van der Waals surface area contributed by atoms with Gasteiger partial charge in [0.25, 0.3) is 0 Å². The molecule has 1 N–H and O–H groups in total. The zero-order valence-electron chi connectivity index (χ0n) is 12.0. The van der Waals surface area contributed by atoms with Crippen LogP contribution in [0.1, 0.15) is 31.1 Å². The molecule has 0 spiro atoms. The number of nitrogens with zero attached hydrogens (tertiary/aromatic N) is 2. The molecule has 20 heavy (non-hydrogen) atoms. The fourth-order valence-corrected chi connectivity index (χ4v) is 1.84. The summed E-state index contributed by atoms with van der Waals surface area (Å²) in [5.74, 6) is 1.35. The number of hydrogen-bond acceptors (Lipinski definition) is 4. The van der Waals surface area contributed by atoms with Gasteiger partial charge in [0.05, 0.1) is 19.4 Å². The third kappa shape index (κ3) is 3.30. The fraction of sp³-hybridized carbons (Fsp3) is 0.400. The molecule has 1 aromatic heterocycles. The van der Waals surface area contributed by atoms with E-state index in [0.29, 0.717) is 29.7 Å². The molecule has 2 aromatic rings. The smallest absolute Gasteiger partial charge is 0.132 e. The predicted octanol–water partition coefficient (Wildman–Crippen LogP) is 2.54. The van der Waals surface area contributed by atoms with Crippen LogP contribution < -0.4 is 9.47 Å². The second-order valence-corrected chi connectivity index (χ2v) is 4.80. The Bertz CT molecular complexity index is 564. The van der Waals surface area contributed by atoms with E-state index in [1.807, 2.05) is 16.9 Å². The van der Waals surface area contributed by atoms with Crippen molar-refractivity contribution in [2.75, 3.05) is 7.11 Å². The first kappa shape index (κ1) is 14.4. The van der Waals surface area contributed by atoms with E-state index in [2.05, 4.69) is 18.9 Å². The molecule has 1 heterocycles. The molecule has 0 amide bonds. The Morgan fingerprint density at radius 1 is 1.30 bits per heavy atom. The van der Waals surface area contributed by atoms with Crippen molar-refractivity contribution in [2.24, 2.45) is 0 Å². The minimum atomic E-state index is -0.0903. The summed E-state index contributed by atoms with van der Waals surface area (Å²) in [6.07, 6.45) is 1.93. The Balaban J connectivity index is 2.06. The molecule has 0 atom stereocenters. The van der Waals surface area contributed by atoms with E-state index in [9.17, 15) is 5.11 Å². The Hall–Kier alpha value is -2.01. The van der Waals surface area contributed by atoms with Crippen LogP contribution in [0.5, 0.6) is 11.5 Å². The first-order chi connectivity index (χ1) is 9.63. The fourth-order valence-electron chi connectivity index (χ4n) is 1.84. The summed E-state index contributed by atoms with van der Waals surface area (Å²) in [6.45, 7) is 4.43. The zero-order chi connectivity index (χ0) is 14.5. The first-order valence-electron chi connectivity index (χ1n) is 6.58. The summed E-state index contributed by atoms with van der Waals surface area (Å²) in [4.78, 5) is 0. The van der Waals surface area contributed by atoms with Crippen LogP contribution in [0.4, 0.5) is 0 Å². The van der Waals surface area contributed by atoms with Gasteiger partial charge in [0.15, 0.2) is 0 Å². The van der Waals surface area contributed by atoms with Crippen molar-refractivity contribution in [3.63, 3.8) is 0 Å². The Labute approximate surface area is 118 Å². The third-order valence-electron chi connectivity index (χ3n) is 3.01. The third-order valence-corrected chi connectivity index (χ3v) is 3.01. The lowest BCUT2D eigenvalue weighted by Crippen LogP contribution is -2.04. The molecular formula is C15H20N2O3. The number of ether oxygens (including phenoxy) is 2. The predicted molar refractivity (Wildman–Crippen MR) is 75.9 cm³/mol. The van der Waals surface area contributed by atoms with Crippen LogP contribution in [0.15, 0.2) is 30.5 Å². The number of hydrogen-bond donors (Lipinski definition) is 1. The highest BCUT2D eigenvalue weighted by atomic mass is 16.5.